The zero-order valence-corrected chi connectivity index (χ0v) is 28.4. The van der Waals surface area contributed by atoms with E-state index < -0.39 is 0 Å². The van der Waals surface area contributed by atoms with Crippen molar-refractivity contribution in [3.63, 3.8) is 0 Å². The number of nitrogens with zero attached hydrogens (tertiary/aromatic N) is 2. The Hall–Kier alpha value is -1.84. The van der Waals surface area contributed by atoms with E-state index in [4.69, 9.17) is 10.2 Å². The Bertz CT molecular complexity index is 1310. The molecule has 0 heterocycles. The van der Waals surface area contributed by atoms with Crippen molar-refractivity contribution in [3.8, 4) is 0 Å². The van der Waals surface area contributed by atoms with Gasteiger partial charge in [-0.05, 0) is 147 Å². The van der Waals surface area contributed by atoms with Crippen molar-refractivity contribution in [2.75, 3.05) is 0 Å². The van der Waals surface area contributed by atoms with E-state index >= 15 is 0 Å². The Balaban J connectivity index is 1.03. The van der Waals surface area contributed by atoms with Crippen LogP contribution in [0.3, 0.4) is 0 Å². The number of fused-ring (bicyclic) bond motifs is 10. The van der Waals surface area contributed by atoms with Gasteiger partial charge in [-0.2, -0.15) is 10.2 Å². The molecule has 0 spiro atoms. The lowest BCUT2D eigenvalue weighted by atomic mass is 9.45. The zero-order valence-electron chi connectivity index (χ0n) is 28.4. The highest BCUT2D eigenvalue weighted by Crippen LogP contribution is 2.67. The van der Waals surface area contributed by atoms with Crippen LogP contribution < -0.4 is 0 Å². The molecule has 0 unspecified atom stereocenters. The molecule has 238 valence electrons. The van der Waals surface area contributed by atoms with Gasteiger partial charge in [-0.1, -0.05) is 52.7 Å². The average Bonchev–Trinajstić information content (AvgIpc) is 3.49. The lowest BCUT2D eigenvalue weighted by Gasteiger charge is -2.59. The number of allylic oxidation sites excluding steroid dienone is 2. The Kier molecular flexibility index (Phi) is 6.61. The highest BCUT2D eigenvalue weighted by molar-refractivity contribution is 5.96. The number of carbonyl (C=O) groups excluding carboxylic acids is 2. The molecule has 8 rings (SSSR count). The number of hydrogen-bond donors (Lipinski definition) is 0. The molecule has 8 aliphatic rings. The van der Waals surface area contributed by atoms with Crippen molar-refractivity contribution >= 4 is 23.0 Å². The summed E-state index contributed by atoms with van der Waals surface area (Å²) >= 11 is 0. The first-order valence-corrected chi connectivity index (χ1v) is 18.5. The van der Waals surface area contributed by atoms with Crippen molar-refractivity contribution in [1.82, 2.24) is 0 Å². The molecular weight excluding hydrogens is 540 g/mol. The van der Waals surface area contributed by atoms with E-state index in [1.54, 1.807) is 0 Å². The molecule has 0 aromatic rings. The van der Waals surface area contributed by atoms with Gasteiger partial charge in [0.25, 0.3) is 0 Å². The summed E-state index contributed by atoms with van der Waals surface area (Å²) in [5, 5.41) is 10.5. The van der Waals surface area contributed by atoms with Crippen molar-refractivity contribution in [1.29, 1.82) is 0 Å². The maximum atomic E-state index is 12.4. The van der Waals surface area contributed by atoms with Crippen LogP contribution in [0.1, 0.15) is 131 Å². The van der Waals surface area contributed by atoms with Crippen LogP contribution in [-0.2, 0) is 9.59 Å². The lowest BCUT2D eigenvalue weighted by Crippen LogP contribution is -2.53. The van der Waals surface area contributed by atoms with Gasteiger partial charge >= 0.3 is 0 Å². The molecule has 0 aromatic heterocycles. The molecule has 4 heteroatoms. The topological polar surface area (TPSA) is 58.9 Å². The van der Waals surface area contributed by atoms with E-state index in [2.05, 4.69) is 41.5 Å². The Morgan fingerprint density at radius 1 is 0.568 bits per heavy atom. The first-order valence-electron chi connectivity index (χ1n) is 18.5. The molecule has 0 aromatic carbocycles. The van der Waals surface area contributed by atoms with Crippen LogP contribution >= 0.6 is 0 Å². The third-order valence-corrected chi connectivity index (χ3v) is 16.8. The minimum Gasteiger partial charge on any atom is -0.295 e. The first-order chi connectivity index (χ1) is 20.9. The highest BCUT2D eigenvalue weighted by atomic mass is 16.1. The van der Waals surface area contributed by atoms with E-state index in [9.17, 15) is 9.59 Å². The predicted molar refractivity (Wildman–Crippen MR) is 177 cm³/mol. The van der Waals surface area contributed by atoms with Crippen molar-refractivity contribution in [2.45, 2.75) is 131 Å². The van der Waals surface area contributed by atoms with Gasteiger partial charge in [0.2, 0.25) is 0 Å². The summed E-state index contributed by atoms with van der Waals surface area (Å²) in [7, 11) is 0. The van der Waals surface area contributed by atoms with E-state index in [0.717, 1.165) is 50.4 Å². The quantitative estimate of drug-likeness (QED) is 0.283. The minimum atomic E-state index is 0.183. The van der Waals surface area contributed by atoms with Gasteiger partial charge in [-0.3, -0.25) is 9.59 Å². The lowest BCUT2D eigenvalue weighted by molar-refractivity contribution is -0.120. The maximum absolute atomic E-state index is 12.4. The summed E-state index contributed by atoms with van der Waals surface area (Å²) in [5.41, 5.74) is 6.49. The van der Waals surface area contributed by atoms with Crippen LogP contribution in [0.5, 0.6) is 0 Å². The van der Waals surface area contributed by atoms with Gasteiger partial charge in [0.1, 0.15) is 0 Å². The molecule has 0 aliphatic heterocycles. The largest absolute Gasteiger partial charge is 0.295 e. The van der Waals surface area contributed by atoms with E-state index in [0.29, 0.717) is 47.1 Å². The van der Waals surface area contributed by atoms with Crippen molar-refractivity contribution in [3.05, 3.63) is 23.3 Å². The van der Waals surface area contributed by atoms with Gasteiger partial charge in [0, 0.05) is 35.1 Å². The molecule has 4 nitrogen and oxygen atoms in total. The first kappa shape index (κ1) is 29.6. The third-order valence-electron chi connectivity index (χ3n) is 16.8. The van der Waals surface area contributed by atoms with Crippen LogP contribution in [0, 0.1) is 69.0 Å². The Morgan fingerprint density at radius 3 is 1.39 bits per heavy atom. The maximum Gasteiger partial charge on any atom is 0.155 e. The Morgan fingerprint density at radius 2 is 0.977 bits per heavy atom. The smallest absolute Gasteiger partial charge is 0.155 e. The average molecular weight is 597 g/mol. The number of rotatable bonds is 1. The van der Waals surface area contributed by atoms with E-state index in [1.165, 1.54) is 73.9 Å². The van der Waals surface area contributed by atoms with Gasteiger partial charge in [-0.25, -0.2) is 0 Å². The highest BCUT2D eigenvalue weighted by Gasteiger charge is 2.61. The molecule has 6 saturated carbocycles. The SMILES string of the molecule is C[C@@H]1CC(=O)C=C2CC[C@@H]3[C@H](CC[C@]4(C)/C(=N\N=C5\CC[C@@H]6[C@H]7CCC8=CC(=O)C[C@H](C)[C@]8(C)[C@H]7CC[C@]56C)CC[C@@H]34)[C@]21C. The second-order valence-corrected chi connectivity index (χ2v) is 18.0. The van der Waals surface area contributed by atoms with Crippen molar-refractivity contribution in [2.24, 2.45) is 79.2 Å². The standard InChI is InChI=1S/C40H56N2O2/c1-23-19-27(43)21-25-7-9-29-31-11-13-35(37(31,3)17-15-33(29)39(23,25)5)41-42-36-14-12-32-30-10-8-26-22-28(44)20-24(2)40(26,6)34(30)16-18-38(32,36)4/h21-24,29-34H,7-20H2,1-6H3/b41-35-,42-36-/t23-,24+,29+,30-,31+,32-,33-,34-,37-,38-,39-,40-/m0/s1. The fourth-order valence-corrected chi connectivity index (χ4v) is 13.9. The molecule has 44 heavy (non-hydrogen) atoms. The van der Waals surface area contributed by atoms with Gasteiger partial charge < -0.3 is 0 Å². The summed E-state index contributed by atoms with van der Waals surface area (Å²) in [5.74, 6) is 5.95. The molecule has 0 amide bonds. The fourth-order valence-electron chi connectivity index (χ4n) is 13.9. The van der Waals surface area contributed by atoms with Crippen LogP contribution in [0.4, 0.5) is 0 Å². The van der Waals surface area contributed by atoms with E-state index in [-0.39, 0.29) is 21.7 Å². The summed E-state index contributed by atoms with van der Waals surface area (Å²) in [4.78, 5) is 24.9. The van der Waals surface area contributed by atoms with Crippen LogP contribution in [0.2, 0.25) is 0 Å². The zero-order chi connectivity index (χ0) is 30.8. The molecule has 0 radical (unpaired) electrons. The molecule has 0 N–H and O–H groups in total. The third kappa shape index (κ3) is 3.81. The number of carbonyl (C=O) groups is 2. The van der Waals surface area contributed by atoms with E-state index in [1.807, 2.05) is 12.2 Å². The van der Waals surface area contributed by atoms with Gasteiger partial charge in [0.15, 0.2) is 11.6 Å². The molecular formula is C40H56N2O2. The van der Waals surface area contributed by atoms with Gasteiger partial charge in [-0.15, -0.1) is 0 Å². The number of hydrogen-bond acceptors (Lipinski definition) is 4. The molecule has 8 aliphatic carbocycles. The second-order valence-electron chi connectivity index (χ2n) is 18.0. The summed E-state index contributed by atoms with van der Waals surface area (Å²) < 4.78 is 0. The van der Waals surface area contributed by atoms with Crippen LogP contribution in [-0.4, -0.2) is 23.0 Å². The molecule has 6 fully saturated rings. The number of ketones is 2. The Labute approximate surface area is 266 Å². The second kappa shape index (κ2) is 9.83. The van der Waals surface area contributed by atoms with Crippen LogP contribution in [0.15, 0.2) is 33.5 Å². The minimum absolute atomic E-state index is 0.183. The summed E-state index contributed by atoms with van der Waals surface area (Å²) in [6, 6.07) is 0. The summed E-state index contributed by atoms with van der Waals surface area (Å²) in [6.45, 7) is 14.8. The van der Waals surface area contributed by atoms with Gasteiger partial charge in [0.05, 0.1) is 0 Å². The molecule has 0 saturated heterocycles. The predicted octanol–water partition coefficient (Wildman–Crippen LogP) is 9.34. The fraction of sp³-hybridized carbons (Fsp3) is 0.800. The van der Waals surface area contributed by atoms with Crippen LogP contribution in [0.25, 0.3) is 0 Å². The molecule has 0 bridgehead atoms. The molecule has 12 atom stereocenters. The normalized spacial score (nSPS) is 53.2. The monoisotopic (exact) mass is 596 g/mol. The van der Waals surface area contributed by atoms with Crippen molar-refractivity contribution < 1.29 is 9.59 Å². The summed E-state index contributed by atoms with van der Waals surface area (Å²) in [6.07, 6.45) is 20.0.